The maximum Gasteiger partial charge on any atom is 0.471 e. The zero-order valence-electron chi connectivity index (χ0n) is 8.06. The highest BCUT2D eigenvalue weighted by atomic mass is 19.4. The van der Waals surface area contributed by atoms with Crippen LogP contribution in [0, 0.1) is 5.82 Å². The van der Waals surface area contributed by atoms with E-state index in [4.69, 9.17) is 0 Å². The molecule has 0 heterocycles. The van der Waals surface area contributed by atoms with Crippen molar-refractivity contribution < 1.29 is 27.1 Å². The molecule has 1 amide bonds. The first-order chi connectivity index (χ1) is 7.34. The van der Waals surface area contributed by atoms with E-state index < -0.39 is 17.9 Å². The molecule has 7 heteroatoms. The number of hydrogen-bond donors (Lipinski definition) is 1. The van der Waals surface area contributed by atoms with E-state index in [1.807, 2.05) is 0 Å². The standard InChI is InChI=1S/C9H7F4NO2/c1-16-7-4-5(10)2-3-6(7)14-8(15)9(11,12)13/h2-4H,1H3,(H,14,15). The van der Waals surface area contributed by atoms with Gasteiger partial charge in [0, 0.05) is 6.07 Å². The molecule has 16 heavy (non-hydrogen) atoms. The molecular weight excluding hydrogens is 230 g/mol. The van der Waals surface area contributed by atoms with Crippen LogP contribution < -0.4 is 10.1 Å². The molecule has 0 saturated carbocycles. The molecule has 0 fully saturated rings. The Balaban J connectivity index is 2.93. The number of rotatable bonds is 2. The topological polar surface area (TPSA) is 38.3 Å². The summed E-state index contributed by atoms with van der Waals surface area (Å²) in [6, 6.07) is 2.76. The van der Waals surface area contributed by atoms with Gasteiger partial charge in [0.2, 0.25) is 0 Å². The number of halogens is 4. The predicted molar refractivity (Wildman–Crippen MR) is 47.6 cm³/mol. The molecule has 0 spiro atoms. The van der Waals surface area contributed by atoms with Crippen molar-refractivity contribution in [2.75, 3.05) is 12.4 Å². The Morgan fingerprint density at radius 3 is 2.50 bits per heavy atom. The lowest BCUT2D eigenvalue weighted by atomic mass is 10.3. The molecule has 88 valence electrons. The predicted octanol–water partition coefficient (Wildman–Crippen LogP) is 2.34. The van der Waals surface area contributed by atoms with Crippen molar-refractivity contribution in [3.8, 4) is 5.75 Å². The monoisotopic (exact) mass is 237 g/mol. The summed E-state index contributed by atoms with van der Waals surface area (Å²) in [5.74, 6) is -3.00. The van der Waals surface area contributed by atoms with Gasteiger partial charge in [-0.05, 0) is 12.1 Å². The fourth-order valence-electron chi connectivity index (χ4n) is 0.962. The summed E-state index contributed by atoms with van der Waals surface area (Å²) < 4.78 is 53.1. The van der Waals surface area contributed by atoms with Crippen LogP contribution in [-0.2, 0) is 4.79 Å². The number of ether oxygens (including phenoxy) is 1. The van der Waals surface area contributed by atoms with Crippen LogP contribution in [0.15, 0.2) is 18.2 Å². The van der Waals surface area contributed by atoms with Gasteiger partial charge in [-0.25, -0.2) is 4.39 Å². The quantitative estimate of drug-likeness (QED) is 0.801. The molecule has 0 unspecified atom stereocenters. The summed E-state index contributed by atoms with van der Waals surface area (Å²) in [7, 11) is 1.15. The minimum atomic E-state index is -5.00. The first-order valence-corrected chi connectivity index (χ1v) is 4.06. The molecule has 0 atom stereocenters. The molecule has 0 bridgehead atoms. The minimum absolute atomic E-state index is 0.183. The minimum Gasteiger partial charge on any atom is -0.494 e. The number of carbonyl (C=O) groups excluding carboxylic acids is 1. The molecule has 1 rings (SSSR count). The Morgan fingerprint density at radius 1 is 1.38 bits per heavy atom. The molecule has 0 saturated heterocycles. The molecule has 0 aliphatic heterocycles. The number of anilines is 1. The second-order valence-corrected chi connectivity index (χ2v) is 2.80. The smallest absolute Gasteiger partial charge is 0.471 e. The van der Waals surface area contributed by atoms with Crippen LogP contribution >= 0.6 is 0 Å². The van der Waals surface area contributed by atoms with Gasteiger partial charge in [0.25, 0.3) is 0 Å². The Hall–Kier alpha value is -1.79. The van der Waals surface area contributed by atoms with Gasteiger partial charge in [0.15, 0.2) is 0 Å². The van der Waals surface area contributed by atoms with Gasteiger partial charge in [0.1, 0.15) is 11.6 Å². The largest absolute Gasteiger partial charge is 0.494 e. The van der Waals surface area contributed by atoms with E-state index in [2.05, 4.69) is 4.74 Å². The van der Waals surface area contributed by atoms with Crippen molar-refractivity contribution in [3.63, 3.8) is 0 Å². The molecule has 1 aromatic carbocycles. The van der Waals surface area contributed by atoms with E-state index in [9.17, 15) is 22.4 Å². The highest BCUT2D eigenvalue weighted by molar-refractivity contribution is 5.96. The number of carbonyl (C=O) groups is 1. The number of alkyl halides is 3. The summed E-state index contributed by atoms with van der Waals surface area (Å²) in [5, 5.41) is 1.57. The average molecular weight is 237 g/mol. The summed E-state index contributed by atoms with van der Waals surface area (Å²) in [6.07, 6.45) is -5.00. The third-order valence-corrected chi connectivity index (χ3v) is 1.67. The van der Waals surface area contributed by atoms with Gasteiger partial charge < -0.3 is 10.1 Å². The van der Waals surface area contributed by atoms with Crippen LogP contribution in [0.4, 0.5) is 23.2 Å². The number of methoxy groups -OCH3 is 1. The lowest BCUT2D eigenvalue weighted by Gasteiger charge is -2.11. The zero-order valence-corrected chi connectivity index (χ0v) is 8.06. The van der Waals surface area contributed by atoms with Crippen molar-refractivity contribution in [2.45, 2.75) is 6.18 Å². The maximum absolute atomic E-state index is 12.7. The Labute approximate surface area is 88.0 Å². The van der Waals surface area contributed by atoms with E-state index >= 15 is 0 Å². The van der Waals surface area contributed by atoms with Crippen LogP contribution in [0.2, 0.25) is 0 Å². The molecule has 0 radical (unpaired) electrons. The van der Waals surface area contributed by atoms with Crippen LogP contribution in [0.25, 0.3) is 0 Å². The molecule has 0 aliphatic carbocycles. The molecular formula is C9H7F4NO2. The van der Waals surface area contributed by atoms with Gasteiger partial charge >= 0.3 is 12.1 Å². The summed E-state index contributed by atoms with van der Waals surface area (Å²) >= 11 is 0. The highest BCUT2D eigenvalue weighted by Gasteiger charge is 2.39. The lowest BCUT2D eigenvalue weighted by Crippen LogP contribution is -2.30. The zero-order chi connectivity index (χ0) is 12.3. The molecule has 1 aromatic rings. The normalized spacial score (nSPS) is 11.1. The number of nitrogens with one attached hydrogen (secondary N) is 1. The van der Waals surface area contributed by atoms with Gasteiger partial charge in [-0.2, -0.15) is 13.2 Å². The number of hydrogen-bond acceptors (Lipinski definition) is 2. The second-order valence-electron chi connectivity index (χ2n) is 2.80. The van der Waals surface area contributed by atoms with E-state index in [0.29, 0.717) is 0 Å². The third kappa shape index (κ3) is 2.85. The third-order valence-electron chi connectivity index (χ3n) is 1.67. The van der Waals surface area contributed by atoms with E-state index in [1.165, 1.54) is 0 Å². The summed E-state index contributed by atoms with van der Waals surface area (Å²) in [4.78, 5) is 10.6. The summed E-state index contributed by atoms with van der Waals surface area (Å²) in [6.45, 7) is 0. The summed E-state index contributed by atoms with van der Waals surface area (Å²) in [5.41, 5.74) is -0.244. The lowest BCUT2D eigenvalue weighted by molar-refractivity contribution is -0.167. The molecule has 0 aromatic heterocycles. The van der Waals surface area contributed by atoms with Gasteiger partial charge in [-0.3, -0.25) is 4.79 Å². The number of amides is 1. The van der Waals surface area contributed by atoms with Crippen LogP contribution in [0.1, 0.15) is 0 Å². The first kappa shape index (κ1) is 12.3. The molecule has 0 aliphatic rings. The average Bonchev–Trinajstić information content (AvgIpc) is 2.19. The van der Waals surface area contributed by atoms with Crippen molar-refractivity contribution in [1.29, 1.82) is 0 Å². The Bertz CT molecular complexity index is 403. The first-order valence-electron chi connectivity index (χ1n) is 4.06. The van der Waals surface area contributed by atoms with Crippen molar-refractivity contribution in [3.05, 3.63) is 24.0 Å². The van der Waals surface area contributed by atoms with Gasteiger partial charge in [0.05, 0.1) is 12.8 Å². The van der Waals surface area contributed by atoms with E-state index in [1.54, 1.807) is 5.32 Å². The van der Waals surface area contributed by atoms with Gasteiger partial charge in [-0.15, -0.1) is 0 Å². The second kappa shape index (κ2) is 4.38. The van der Waals surface area contributed by atoms with Crippen LogP contribution in [-0.4, -0.2) is 19.2 Å². The van der Waals surface area contributed by atoms with E-state index in [-0.39, 0.29) is 11.4 Å². The molecule has 1 N–H and O–H groups in total. The Morgan fingerprint density at radius 2 is 2.00 bits per heavy atom. The molecule has 3 nitrogen and oxygen atoms in total. The van der Waals surface area contributed by atoms with Crippen LogP contribution in [0.5, 0.6) is 5.75 Å². The highest BCUT2D eigenvalue weighted by Crippen LogP contribution is 2.27. The number of benzene rings is 1. The maximum atomic E-state index is 12.7. The van der Waals surface area contributed by atoms with Gasteiger partial charge in [-0.1, -0.05) is 0 Å². The van der Waals surface area contributed by atoms with Crippen molar-refractivity contribution in [1.82, 2.24) is 0 Å². The fourth-order valence-corrected chi connectivity index (χ4v) is 0.962. The SMILES string of the molecule is COc1cc(F)ccc1NC(=O)C(F)(F)F. The van der Waals surface area contributed by atoms with E-state index in [0.717, 1.165) is 25.3 Å². The fraction of sp³-hybridized carbons (Fsp3) is 0.222. The van der Waals surface area contributed by atoms with Crippen molar-refractivity contribution in [2.24, 2.45) is 0 Å². The van der Waals surface area contributed by atoms with Crippen molar-refractivity contribution >= 4 is 11.6 Å². The van der Waals surface area contributed by atoms with Crippen LogP contribution in [0.3, 0.4) is 0 Å². The Kier molecular flexibility index (Phi) is 3.36.